The smallest absolute Gasteiger partial charge is 0.248 e. The summed E-state index contributed by atoms with van der Waals surface area (Å²) in [5.41, 5.74) is 10.2. The lowest BCUT2D eigenvalue weighted by molar-refractivity contribution is -0.183. The monoisotopic (exact) mass is 601 g/mol. The van der Waals surface area contributed by atoms with Crippen LogP contribution in [0.4, 0.5) is 5.69 Å². The number of carbonyl (C=O) groups excluding carboxylic acids is 3. The van der Waals surface area contributed by atoms with Crippen LogP contribution >= 0.6 is 0 Å². The summed E-state index contributed by atoms with van der Waals surface area (Å²) in [6.45, 7) is 4.47. The Labute approximate surface area is 250 Å². The van der Waals surface area contributed by atoms with E-state index < -0.39 is 53.1 Å². The Balaban J connectivity index is 1.86. The predicted molar refractivity (Wildman–Crippen MR) is 159 cm³/mol. The highest BCUT2D eigenvalue weighted by molar-refractivity contribution is 6.11. The van der Waals surface area contributed by atoms with E-state index in [9.17, 15) is 34.8 Å². The number of rotatable bonds is 8. The largest absolute Gasteiger partial charge is 0.510 e. The molecular formula is C30H43N5O8. The van der Waals surface area contributed by atoms with Crippen molar-refractivity contribution in [2.45, 2.75) is 58.2 Å². The lowest BCUT2D eigenvalue weighted by atomic mass is 9.57. The van der Waals surface area contributed by atoms with Gasteiger partial charge in [-0.25, -0.2) is 5.43 Å². The average Bonchev–Trinajstić information content (AvgIpc) is 2.89. The number of phenols is 1. The number of fused-ring (bicyclic) bond motifs is 3. The van der Waals surface area contributed by atoms with E-state index in [0.717, 1.165) is 0 Å². The van der Waals surface area contributed by atoms with Crippen LogP contribution in [0.2, 0.25) is 0 Å². The van der Waals surface area contributed by atoms with Crippen LogP contribution < -0.4 is 21.5 Å². The topological polar surface area (TPSA) is 198 Å². The van der Waals surface area contributed by atoms with Gasteiger partial charge in [0.05, 0.1) is 17.2 Å². The van der Waals surface area contributed by atoms with E-state index >= 15 is 0 Å². The number of nitrogens with two attached hydrogens (primary N) is 1. The van der Waals surface area contributed by atoms with E-state index in [1.807, 2.05) is 19.0 Å². The van der Waals surface area contributed by atoms with E-state index in [1.54, 1.807) is 45.8 Å². The second-order valence-electron chi connectivity index (χ2n) is 13.0. The van der Waals surface area contributed by atoms with E-state index in [0.29, 0.717) is 16.8 Å². The molecule has 0 heterocycles. The second kappa shape index (κ2) is 11.5. The normalized spacial score (nSPS) is 25.3. The Morgan fingerprint density at radius 1 is 1.16 bits per heavy atom. The van der Waals surface area contributed by atoms with Crippen molar-refractivity contribution in [3.63, 3.8) is 0 Å². The Kier molecular flexibility index (Phi) is 8.59. The third-order valence-corrected chi connectivity index (χ3v) is 8.81. The number of hydrogen-bond acceptors (Lipinski definition) is 11. The number of hydrogen-bond donors (Lipinski definition) is 7. The third kappa shape index (κ3) is 5.35. The Hall–Kier alpha value is -3.65. The minimum atomic E-state index is -1.80. The van der Waals surface area contributed by atoms with Gasteiger partial charge >= 0.3 is 0 Å². The number of likely N-dealkylation sites (N-methyl/N-ethyl adjacent to an activating group) is 1. The molecule has 43 heavy (non-hydrogen) atoms. The number of benzene rings is 1. The second-order valence-corrected chi connectivity index (χ2v) is 13.0. The van der Waals surface area contributed by atoms with Crippen LogP contribution in [0.15, 0.2) is 23.0 Å². The number of Topliss-reactive ketones (excluding diaryl/α,β-unsaturated/α-hetero) is 1. The van der Waals surface area contributed by atoms with Crippen molar-refractivity contribution in [3.8, 4) is 5.75 Å². The zero-order valence-corrected chi connectivity index (χ0v) is 25.7. The molecule has 1 aromatic carbocycles. The van der Waals surface area contributed by atoms with Gasteiger partial charge in [0, 0.05) is 55.2 Å². The van der Waals surface area contributed by atoms with E-state index in [-0.39, 0.29) is 59.9 Å². The Bertz CT molecular complexity index is 1410. The number of carbonyl (C=O) groups is 3. The molecule has 3 aliphatic rings. The number of aliphatic hydroxyl groups excluding tert-OH is 3. The summed E-state index contributed by atoms with van der Waals surface area (Å²) >= 11 is 0. The fraction of sp³-hybridized carbons (Fsp3) is 0.567. The van der Waals surface area contributed by atoms with E-state index in [4.69, 9.17) is 10.5 Å². The molecule has 3 aliphatic carbocycles. The van der Waals surface area contributed by atoms with Gasteiger partial charge < -0.3 is 35.8 Å². The quantitative estimate of drug-likeness (QED) is 0.166. The summed E-state index contributed by atoms with van der Waals surface area (Å²) in [6, 6.07) is 0.944. The van der Waals surface area contributed by atoms with Crippen molar-refractivity contribution in [3.05, 3.63) is 39.7 Å². The van der Waals surface area contributed by atoms with Gasteiger partial charge in [-0.3, -0.25) is 24.7 Å². The van der Waals surface area contributed by atoms with Crippen LogP contribution in [0.3, 0.4) is 0 Å². The number of phenolic OH excluding ortho intramolecular Hbond substituents is 1. The molecule has 1 saturated carbocycles. The minimum absolute atomic E-state index is 0.0195. The zero-order chi connectivity index (χ0) is 32.2. The number of primary amides is 1. The van der Waals surface area contributed by atoms with Gasteiger partial charge in [0.25, 0.3) is 0 Å². The van der Waals surface area contributed by atoms with Crippen LogP contribution in [0.25, 0.3) is 5.76 Å². The highest BCUT2D eigenvalue weighted by atomic mass is 16.6. The van der Waals surface area contributed by atoms with E-state index in [2.05, 4.69) is 10.9 Å². The molecule has 0 aromatic heterocycles. The van der Waals surface area contributed by atoms with Gasteiger partial charge in [0.2, 0.25) is 11.8 Å². The van der Waals surface area contributed by atoms with Gasteiger partial charge in [0.15, 0.2) is 5.78 Å². The van der Waals surface area contributed by atoms with Crippen molar-refractivity contribution in [1.82, 2.24) is 15.8 Å². The first-order valence-electron chi connectivity index (χ1n) is 14.2. The number of anilines is 1. The first-order chi connectivity index (χ1) is 20.0. The number of ketones is 1. The van der Waals surface area contributed by atoms with E-state index in [1.165, 1.54) is 0 Å². The molecule has 4 rings (SSSR count). The molecule has 0 radical (unpaired) electrons. The molecule has 0 bridgehead atoms. The predicted octanol–water partition coefficient (Wildman–Crippen LogP) is 0.992. The first kappa shape index (κ1) is 32.3. The van der Waals surface area contributed by atoms with Crippen molar-refractivity contribution in [1.29, 1.82) is 0 Å². The first-order valence-corrected chi connectivity index (χ1v) is 14.2. The van der Waals surface area contributed by atoms with Crippen LogP contribution in [-0.2, 0) is 32.1 Å². The number of hydrazine groups is 1. The highest BCUT2D eigenvalue weighted by Gasteiger charge is 2.62. The summed E-state index contributed by atoms with van der Waals surface area (Å²) < 4.78 is 5.76. The molecule has 1 fully saturated rings. The molecule has 13 heteroatoms. The van der Waals surface area contributed by atoms with Crippen molar-refractivity contribution >= 4 is 29.0 Å². The van der Waals surface area contributed by atoms with Gasteiger partial charge in [-0.1, -0.05) is 20.8 Å². The molecule has 236 valence electrons. The Morgan fingerprint density at radius 2 is 1.81 bits per heavy atom. The number of aliphatic hydroxyl groups is 3. The molecule has 2 amide bonds. The number of ether oxygens (including phenoxy) is 1. The minimum Gasteiger partial charge on any atom is -0.510 e. The summed E-state index contributed by atoms with van der Waals surface area (Å²) in [5, 5.41) is 44.2. The molecule has 13 nitrogen and oxygen atoms in total. The number of amides is 2. The Morgan fingerprint density at radius 3 is 2.35 bits per heavy atom. The fourth-order valence-corrected chi connectivity index (χ4v) is 6.69. The van der Waals surface area contributed by atoms with Crippen LogP contribution in [0.5, 0.6) is 5.75 Å². The summed E-state index contributed by atoms with van der Waals surface area (Å²) in [7, 11) is 7.04. The lowest BCUT2D eigenvalue weighted by Crippen LogP contribution is -2.63. The molecular weight excluding hydrogens is 558 g/mol. The lowest BCUT2D eigenvalue weighted by Gasteiger charge is -2.53. The summed E-state index contributed by atoms with van der Waals surface area (Å²) in [4.78, 5) is 42.7. The van der Waals surface area contributed by atoms with Gasteiger partial charge in [-0.2, -0.15) is 0 Å². The van der Waals surface area contributed by atoms with Gasteiger partial charge in [0.1, 0.15) is 29.7 Å². The molecule has 0 unspecified atom stereocenters. The summed E-state index contributed by atoms with van der Waals surface area (Å²) in [6.07, 6.45) is 0.166. The van der Waals surface area contributed by atoms with Crippen molar-refractivity contribution in [2.24, 2.45) is 23.0 Å². The maximum Gasteiger partial charge on any atom is 0.248 e. The SMILES string of the molecule is CN(C)c1cc(CNNC(=O)C(C)(C)C)c(O)c2c1C[C@H]1C[C@H]3[C@@H](N(C)C)C(O)=C(C(N)=O)C[C@@]3(OCO)C(=O)C1=C2O. The third-order valence-electron chi connectivity index (χ3n) is 8.81. The van der Waals surface area contributed by atoms with Crippen LogP contribution in [0, 0.1) is 17.3 Å². The maximum atomic E-state index is 14.4. The number of nitrogens with one attached hydrogen (secondary N) is 2. The number of nitrogens with zero attached hydrogens (tertiary/aromatic N) is 2. The molecule has 1 aromatic rings. The summed E-state index contributed by atoms with van der Waals surface area (Å²) in [5.74, 6) is -3.94. The molecule has 0 saturated heterocycles. The molecule has 4 atom stereocenters. The van der Waals surface area contributed by atoms with Crippen molar-refractivity contribution < 1.29 is 39.5 Å². The highest BCUT2D eigenvalue weighted by Crippen LogP contribution is 2.55. The fourth-order valence-electron chi connectivity index (χ4n) is 6.69. The number of aromatic hydroxyl groups is 1. The van der Waals surface area contributed by atoms with Crippen molar-refractivity contribution in [2.75, 3.05) is 39.9 Å². The zero-order valence-electron chi connectivity index (χ0n) is 25.7. The molecule has 0 spiro atoms. The average molecular weight is 602 g/mol. The maximum absolute atomic E-state index is 14.4. The standard InChI is InChI=1S/C30H43N5O8/c1-29(2,3)28(42)33-32-12-15-10-19(34(4)5)16-8-14-9-18-22(35(6)7)24(38)17(27(31)41)11-30(18,43-13-36)26(40)20(14)25(39)21(16)23(15)37/h10,14,18,22,32,36-39H,8-9,11-13H2,1-7H3,(H2,31,41)(H,33,42)/t14-,18-,22+,30-/m0/s1. The van der Waals surface area contributed by atoms with Crippen LogP contribution in [0.1, 0.15) is 50.3 Å². The molecule has 0 aliphatic heterocycles. The van der Waals surface area contributed by atoms with Gasteiger partial charge in [-0.15, -0.1) is 0 Å². The van der Waals surface area contributed by atoms with Crippen LogP contribution in [-0.4, -0.2) is 89.6 Å². The molecule has 8 N–H and O–H groups in total. The van der Waals surface area contributed by atoms with Gasteiger partial charge in [-0.05, 0) is 44.5 Å².